The molecule has 0 spiro atoms. The Morgan fingerprint density at radius 2 is 1.97 bits per heavy atom. The third kappa shape index (κ3) is 4.34. The lowest BCUT2D eigenvalue weighted by atomic mass is 10.2. The van der Waals surface area contributed by atoms with Gasteiger partial charge >= 0.3 is 5.97 Å². The largest absolute Gasteiger partial charge is 0.462 e. The second-order valence-electron chi connectivity index (χ2n) is 6.76. The molecule has 0 unspecified atom stereocenters. The highest BCUT2D eigenvalue weighted by molar-refractivity contribution is 8.18. The highest BCUT2D eigenvalue weighted by Crippen LogP contribution is 2.33. The van der Waals surface area contributed by atoms with Gasteiger partial charge < -0.3 is 14.0 Å². The highest BCUT2D eigenvalue weighted by Gasteiger charge is 2.34. The van der Waals surface area contributed by atoms with Crippen molar-refractivity contribution in [3.8, 4) is 5.69 Å². The Morgan fingerprint density at radius 3 is 2.67 bits per heavy atom. The molecular weight excluding hydrogens is 404 g/mol. The third-order valence-corrected chi connectivity index (χ3v) is 5.67. The van der Waals surface area contributed by atoms with E-state index in [9.17, 15) is 14.4 Å². The van der Waals surface area contributed by atoms with Gasteiger partial charge in [0.05, 0.1) is 30.2 Å². The minimum Gasteiger partial charge on any atom is -0.462 e. The van der Waals surface area contributed by atoms with E-state index in [-0.39, 0.29) is 23.7 Å². The number of nitrogens with zero attached hydrogens (tertiary/aromatic N) is 2. The van der Waals surface area contributed by atoms with Crippen molar-refractivity contribution in [1.82, 2.24) is 9.47 Å². The zero-order valence-corrected chi connectivity index (χ0v) is 18.2. The first-order valence-electron chi connectivity index (χ1n) is 9.58. The van der Waals surface area contributed by atoms with Crippen LogP contribution in [0.15, 0.2) is 35.2 Å². The third-order valence-electron chi connectivity index (χ3n) is 4.76. The number of amides is 2. The molecule has 8 heteroatoms. The molecule has 0 bridgehead atoms. The number of esters is 1. The van der Waals surface area contributed by atoms with Gasteiger partial charge in [0.25, 0.3) is 11.1 Å². The van der Waals surface area contributed by atoms with E-state index in [0.29, 0.717) is 23.7 Å². The lowest BCUT2D eigenvalue weighted by Crippen LogP contribution is -2.31. The van der Waals surface area contributed by atoms with E-state index in [1.54, 1.807) is 31.2 Å². The van der Waals surface area contributed by atoms with Crippen LogP contribution in [0.4, 0.5) is 4.79 Å². The molecule has 2 amide bonds. The van der Waals surface area contributed by atoms with Crippen LogP contribution in [0.3, 0.4) is 0 Å². The Kier molecular flexibility index (Phi) is 6.79. The molecule has 7 nitrogen and oxygen atoms in total. The molecule has 0 radical (unpaired) electrons. The Morgan fingerprint density at radius 1 is 1.20 bits per heavy atom. The van der Waals surface area contributed by atoms with Crippen LogP contribution in [0, 0.1) is 13.8 Å². The molecule has 1 aliphatic rings. The predicted molar refractivity (Wildman–Crippen MR) is 116 cm³/mol. The average molecular weight is 429 g/mol. The zero-order valence-electron chi connectivity index (χ0n) is 17.4. The quantitative estimate of drug-likeness (QED) is 0.491. The Balaban J connectivity index is 1.93. The van der Waals surface area contributed by atoms with Gasteiger partial charge in [-0.2, -0.15) is 0 Å². The normalized spacial score (nSPS) is 15.3. The molecule has 0 N–H and O–H groups in total. The van der Waals surface area contributed by atoms with E-state index in [1.807, 2.05) is 30.5 Å². The fourth-order valence-corrected chi connectivity index (χ4v) is 4.19. The van der Waals surface area contributed by atoms with Crippen LogP contribution in [0.1, 0.15) is 34.2 Å². The molecule has 1 aromatic heterocycles. The molecule has 1 aromatic carbocycles. The summed E-state index contributed by atoms with van der Waals surface area (Å²) in [5.41, 5.74) is 3.98. The van der Waals surface area contributed by atoms with Crippen molar-refractivity contribution in [3.63, 3.8) is 0 Å². The number of aryl methyl sites for hydroxylation is 1. The maximum absolute atomic E-state index is 12.6. The Labute approximate surface area is 179 Å². The fraction of sp³-hybridized carbons (Fsp3) is 0.318. The molecule has 1 fully saturated rings. The lowest BCUT2D eigenvalue weighted by molar-refractivity contribution is -0.123. The number of rotatable bonds is 7. The number of ether oxygens (including phenoxy) is 2. The van der Waals surface area contributed by atoms with Gasteiger partial charge in [0, 0.05) is 24.2 Å². The van der Waals surface area contributed by atoms with Gasteiger partial charge in [0.15, 0.2) is 0 Å². The van der Waals surface area contributed by atoms with Gasteiger partial charge in [-0.25, -0.2) is 4.79 Å². The molecule has 158 valence electrons. The molecule has 2 aromatic rings. The molecule has 3 rings (SSSR count). The molecular formula is C22H24N2O5S. The number of aromatic nitrogens is 1. The topological polar surface area (TPSA) is 77.8 Å². The van der Waals surface area contributed by atoms with Gasteiger partial charge in [-0.1, -0.05) is 6.07 Å². The van der Waals surface area contributed by atoms with E-state index in [1.165, 1.54) is 12.0 Å². The van der Waals surface area contributed by atoms with Gasteiger partial charge in [-0.3, -0.25) is 14.5 Å². The molecule has 0 atom stereocenters. The number of benzene rings is 1. The minimum atomic E-state index is -0.369. The number of hydrogen-bond donors (Lipinski definition) is 0. The number of carbonyl (C=O) groups is 3. The number of carbonyl (C=O) groups excluding carboxylic acids is 3. The fourth-order valence-electron chi connectivity index (χ4n) is 3.33. The van der Waals surface area contributed by atoms with E-state index < -0.39 is 0 Å². The molecule has 1 saturated heterocycles. The molecule has 0 saturated carbocycles. The molecule has 1 aliphatic heterocycles. The SMILES string of the molecule is CCOC(=O)c1cccc(-n2c(C)cc(/C=C3/SC(=O)N(CCOC)C3=O)c2C)c1. The van der Waals surface area contributed by atoms with E-state index >= 15 is 0 Å². The van der Waals surface area contributed by atoms with Crippen LogP contribution < -0.4 is 0 Å². The summed E-state index contributed by atoms with van der Waals surface area (Å²) in [7, 11) is 1.53. The Hall–Kier alpha value is -2.84. The van der Waals surface area contributed by atoms with Crippen molar-refractivity contribution in [1.29, 1.82) is 0 Å². The van der Waals surface area contributed by atoms with Crippen LogP contribution in [0.5, 0.6) is 0 Å². The van der Waals surface area contributed by atoms with Crippen molar-refractivity contribution in [2.24, 2.45) is 0 Å². The maximum Gasteiger partial charge on any atom is 0.338 e. The summed E-state index contributed by atoms with van der Waals surface area (Å²) in [6, 6.07) is 9.16. The summed E-state index contributed by atoms with van der Waals surface area (Å²) in [5, 5.41) is -0.292. The van der Waals surface area contributed by atoms with Crippen LogP contribution in [0.2, 0.25) is 0 Å². The molecule has 2 heterocycles. The predicted octanol–water partition coefficient (Wildman–Crippen LogP) is 3.95. The summed E-state index contributed by atoms with van der Waals surface area (Å²) >= 11 is 0.931. The number of hydrogen-bond acceptors (Lipinski definition) is 6. The summed E-state index contributed by atoms with van der Waals surface area (Å²) in [4.78, 5) is 38.4. The second-order valence-corrected chi connectivity index (χ2v) is 7.75. The van der Waals surface area contributed by atoms with Crippen LogP contribution in [-0.4, -0.2) is 53.5 Å². The van der Waals surface area contributed by atoms with Crippen LogP contribution in [0.25, 0.3) is 11.8 Å². The number of imide groups is 1. The highest BCUT2D eigenvalue weighted by atomic mass is 32.2. The number of thioether (sulfide) groups is 1. The number of methoxy groups -OCH3 is 1. The molecule has 30 heavy (non-hydrogen) atoms. The van der Waals surface area contributed by atoms with Gasteiger partial charge in [0.2, 0.25) is 0 Å². The van der Waals surface area contributed by atoms with Gasteiger partial charge in [-0.15, -0.1) is 0 Å². The van der Waals surface area contributed by atoms with Crippen molar-refractivity contribution in [2.75, 3.05) is 26.9 Å². The van der Waals surface area contributed by atoms with Crippen LogP contribution >= 0.6 is 11.8 Å². The minimum absolute atomic E-state index is 0.234. The Bertz CT molecular complexity index is 1020. The van der Waals surface area contributed by atoms with Crippen molar-refractivity contribution >= 4 is 35.0 Å². The van der Waals surface area contributed by atoms with Gasteiger partial charge in [-0.05, 0) is 68.4 Å². The van der Waals surface area contributed by atoms with Crippen molar-refractivity contribution in [2.45, 2.75) is 20.8 Å². The molecule has 0 aliphatic carbocycles. The van der Waals surface area contributed by atoms with Crippen LogP contribution in [-0.2, 0) is 14.3 Å². The van der Waals surface area contributed by atoms with Crippen molar-refractivity contribution in [3.05, 3.63) is 57.8 Å². The van der Waals surface area contributed by atoms with Gasteiger partial charge in [0.1, 0.15) is 0 Å². The first kappa shape index (κ1) is 21.9. The standard InChI is InChI=1S/C22H24N2O5S/c1-5-29-21(26)16-7-6-8-18(12-16)24-14(2)11-17(15(24)3)13-19-20(25)23(9-10-28-4)22(27)30-19/h6-8,11-13H,5,9-10H2,1-4H3/b19-13+. The summed E-state index contributed by atoms with van der Waals surface area (Å²) < 4.78 is 12.1. The monoisotopic (exact) mass is 428 g/mol. The summed E-state index contributed by atoms with van der Waals surface area (Å²) in [6.07, 6.45) is 1.74. The van der Waals surface area contributed by atoms with E-state index in [4.69, 9.17) is 9.47 Å². The first-order valence-corrected chi connectivity index (χ1v) is 10.4. The smallest absolute Gasteiger partial charge is 0.338 e. The zero-order chi connectivity index (χ0) is 21.8. The summed E-state index contributed by atoms with van der Waals surface area (Å²) in [6.45, 7) is 6.50. The first-order chi connectivity index (χ1) is 14.4. The van der Waals surface area contributed by atoms with E-state index in [2.05, 4.69) is 0 Å². The average Bonchev–Trinajstić information content (AvgIpc) is 3.15. The summed E-state index contributed by atoms with van der Waals surface area (Å²) in [5.74, 6) is -0.678. The lowest BCUT2D eigenvalue weighted by Gasteiger charge is -2.11. The van der Waals surface area contributed by atoms with Crippen molar-refractivity contribution < 1.29 is 23.9 Å². The van der Waals surface area contributed by atoms with E-state index in [0.717, 1.165) is 34.4 Å². The second kappa shape index (κ2) is 9.32. The maximum atomic E-state index is 12.6.